The van der Waals surface area contributed by atoms with Crippen LogP contribution in [0, 0.1) is 0 Å². The molecule has 9 nitrogen and oxygen atoms in total. The summed E-state index contributed by atoms with van der Waals surface area (Å²) < 4.78 is 47.4. The Kier molecular flexibility index (Phi) is 9.15. The van der Waals surface area contributed by atoms with Gasteiger partial charge in [-0.25, -0.2) is 8.42 Å². The second-order valence-electron chi connectivity index (χ2n) is 6.92. The molecule has 1 amide bonds. The minimum atomic E-state index is -3.87. The molecule has 0 saturated heterocycles. The van der Waals surface area contributed by atoms with Crippen molar-refractivity contribution in [3.05, 3.63) is 42.0 Å². The van der Waals surface area contributed by atoms with Crippen LogP contribution in [0.5, 0.6) is 23.0 Å². The number of hydrogen-bond acceptors (Lipinski definition) is 7. The van der Waals surface area contributed by atoms with E-state index in [4.69, 9.17) is 18.9 Å². The summed E-state index contributed by atoms with van der Waals surface area (Å²) in [7, 11) is 3.53. The molecular formula is C22H30N2O7S. The maximum Gasteiger partial charge on any atom is 0.243 e. The van der Waals surface area contributed by atoms with Crippen LogP contribution in [-0.4, -0.2) is 67.2 Å². The number of likely N-dealkylation sites (N-methyl/N-ethyl adjacent to an activating group) is 1. The van der Waals surface area contributed by atoms with Gasteiger partial charge in [0.05, 0.1) is 39.9 Å². The van der Waals surface area contributed by atoms with Crippen molar-refractivity contribution >= 4 is 15.9 Å². The van der Waals surface area contributed by atoms with E-state index in [0.717, 1.165) is 16.3 Å². The smallest absolute Gasteiger partial charge is 0.243 e. The summed E-state index contributed by atoms with van der Waals surface area (Å²) >= 11 is 0. The summed E-state index contributed by atoms with van der Waals surface area (Å²) in [5, 5.41) is 2.75. The zero-order valence-electron chi connectivity index (χ0n) is 19.0. The molecule has 32 heavy (non-hydrogen) atoms. The average Bonchev–Trinajstić information content (AvgIpc) is 2.80. The molecule has 0 aliphatic heterocycles. The van der Waals surface area contributed by atoms with Gasteiger partial charge in [-0.15, -0.1) is 0 Å². The molecule has 0 heterocycles. The van der Waals surface area contributed by atoms with Crippen molar-refractivity contribution in [2.75, 3.05) is 48.6 Å². The molecule has 0 spiro atoms. The molecule has 0 radical (unpaired) electrons. The normalized spacial score (nSPS) is 11.2. The predicted molar refractivity (Wildman–Crippen MR) is 120 cm³/mol. The van der Waals surface area contributed by atoms with E-state index in [1.807, 2.05) is 18.2 Å². The number of aryl methyl sites for hydroxylation is 1. The van der Waals surface area contributed by atoms with Gasteiger partial charge in [0.15, 0.2) is 23.0 Å². The third-order valence-electron chi connectivity index (χ3n) is 4.84. The van der Waals surface area contributed by atoms with Gasteiger partial charge in [-0.2, -0.15) is 4.31 Å². The Morgan fingerprint density at radius 2 is 1.44 bits per heavy atom. The number of rotatable bonds is 12. The Hall–Kier alpha value is -2.98. The summed E-state index contributed by atoms with van der Waals surface area (Å²) in [5.41, 5.74) is 1.05. The number of carbonyl (C=O) groups excluding carboxylic acids is 1. The van der Waals surface area contributed by atoms with Crippen LogP contribution in [0.15, 0.2) is 41.3 Å². The second-order valence-corrected chi connectivity index (χ2v) is 8.97. The summed E-state index contributed by atoms with van der Waals surface area (Å²) in [6.45, 7) is 0.116. The van der Waals surface area contributed by atoms with Crippen molar-refractivity contribution in [3.8, 4) is 23.0 Å². The van der Waals surface area contributed by atoms with E-state index in [1.165, 1.54) is 39.5 Å². The van der Waals surface area contributed by atoms with E-state index in [9.17, 15) is 13.2 Å². The fourth-order valence-corrected chi connectivity index (χ4v) is 4.20. The number of amides is 1. The fraction of sp³-hybridized carbons (Fsp3) is 0.409. The molecule has 0 aromatic heterocycles. The fourth-order valence-electron chi connectivity index (χ4n) is 3.06. The molecule has 2 aromatic rings. The minimum Gasteiger partial charge on any atom is -0.493 e. The van der Waals surface area contributed by atoms with E-state index in [0.29, 0.717) is 36.0 Å². The zero-order chi connectivity index (χ0) is 23.7. The number of sulfonamides is 1. The number of carbonyl (C=O) groups is 1. The van der Waals surface area contributed by atoms with Crippen LogP contribution < -0.4 is 24.3 Å². The third kappa shape index (κ3) is 6.27. The van der Waals surface area contributed by atoms with Crippen LogP contribution in [0.25, 0.3) is 0 Å². The lowest BCUT2D eigenvalue weighted by atomic mass is 10.1. The molecule has 0 atom stereocenters. The topological polar surface area (TPSA) is 103 Å². The standard InChI is InChI=1S/C22H30N2O7S/c1-24(32(26,27)17-9-11-19(29-3)21(14-17)31-5)15-22(25)23-12-6-7-16-8-10-18(28-2)20(13-16)30-4/h8-11,13-14H,6-7,12,15H2,1-5H3,(H,23,25). The van der Waals surface area contributed by atoms with Crippen molar-refractivity contribution in [3.63, 3.8) is 0 Å². The maximum atomic E-state index is 12.8. The third-order valence-corrected chi connectivity index (χ3v) is 6.64. The first-order valence-electron chi connectivity index (χ1n) is 9.92. The molecule has 0 fully saturated rings. The molecule has 0 bridgehead atoms. The number of benzene rings is 2. The molecule has 0 saturated carbocycles. The molecule has 2 rings (SSSR count). The number of hydrogen-bond donors (Lipinski definition) is 1. The van der Waals surface area contributed by atoms with E-state index >= 15 is 0 Å². The lowest BCUT2D eigenvalue weighted by Crippen LogP contribution is -2.38. The Morgan fingerprint density at radius 1 is 0.875 bits per heavy atom. The highest BCUT2D eigenvalue weighted by Crippen LogP contribution is 2.30. The lowest BCUT2D eigenvalue weighted by molar-refractivity contribution is -0.121. The van der Waals surface area contributed by atoms with Gasteiger partial charge in [-0.1, -0.05) is 6.07 Å². The first kappa shape index (κ1) is 25.3. The van der Waals surface area contributed by atoms with Crippen molar-refractivity contribution < 1.29 is 32.2 Å². The molecule has 10 heteroatoms. The largest absolute Gasteiger partial charge is 0.493 e. The molecule has 176 valence electrons. The van der Waals surface area contributed by atoms with Gasteiger partial charge in [-0.3, -0.25) is 4.79 Å². The first-order chi connectivity index (χ1) is 15.3. The number of nitrogens with zero attached hydrogens (tertiary/aromatic N) is 1. The Labute approximate surface area is 189 Å². The van der Waals surface area contributed by atoms with Crippen molar-refractivity contribution in [2.45, 2.75) is 17.7 Å². The van der Waals surface area contributed by atoms with Gasteiger partial charge in [0, 0.05) is 19.7 Å². The second kappa shape index (κ2) is 11.6. The average molecular weight is 467 g/mol. The number of ether oxygens (including phenoxy) is 4. The minimum absolute atomic E-state index is 0.0129. The molecule has 0 unspecified atom stereocenters. The highest BCUT2D eigenvalue weighted by molar-refractivity contribution is 7.89. The van der Waals surface area contributed by atoms with Crippen LogP contribution in [0.4, 0.5) is 0 Å². The van der Waals surface area contributed by atoms with Crippen LogP contribution in [0.2, 0.25) is 0 Å². The quantitative estimate of drug-likeness (QED) is 0.478. The summed E-state index contributed by atoms with van der Waals surface area (Å²) in [6, 6.07) is 9.95. The maximum absolute atomic E-state index is 12.8. The number of methoxy groups -OCH3 is 4. The number of nitrogens with one attached hydrogen (secondary N) is 1. The summed E-state index contributed by atoms with van der Waals surface area (Å²) in [5.74, 6) is 1.63. The van der Waals surface area contributed by atoms with Crippen LogP contribution in [-0.2, 0) is 21.2 Å². The Balaban J connectivity index is 1.88. The Bertz CT molecular complexity index is 1020. The molecule has 1 N–H and O–H groups in total. The van der Waals surface area contributed by atoms with E-state index in [-0.39, 0.29) is 17.3 Å². The summed E-state index contributed by atoms with van der Waals surface area (Å²) in [6.07, 6.45) is 1.41. The van der Waals surface area contributed by atoms with Gasteiger partial charge in [-0.05, 0) is 42.7 Å². The van der Waals surface area contributed by atoms with Crippen molar-refractivity contribution in [1.29, 1.82) is 0 Å². The molecule has 0 aliphatic rings. The van der Waals surface area contributed by atoms with E-state index in [1.54, 1.807) is 14.2 Å². The van der Waals surface area contributed by atoms with Crippen molar-refractivity contribution in [2.24, 2.45) is 0 Å². The molecule has 2 aromatic carbocycles. The van der Waals surface area contributed by atoms with Gasteiger partial charge in [0.25, 0.3) is 0 Å². The highest BCUT2D eigenvalue weighted by Gasteiger charge is 2.24. The Morgan fingerprint density at radius 3 is 2.03 bits per heavy atom. The van der Waals surface area contributed by atoms with Crippen LogP contribution in [0.3, 0.4) is 0 Å². The SMILES string of the molecule is COc1ccc(CCCNC(=O)CN(C)S(=O)(=O)c2ccc(OC)c(OC)c2)cc1OC. The van der Waals surface area contributed by atoms with Crippen LogP contribution >= 0.6 is 0 Å². The summed E-state index contributed by atoms with van der Waals surface area (Å²) in [4.78, 5) is 12.3. The van der Waals surface area contributed by atoms with E-state index < -0.39 is 10.0 Å². The van der Waals surface area contributed by atoms with Gasteiger partial charge >= 0.3 is 0 Å². The first-order valence-corrected chi connectivity index (χ1v) is 11.4. The van der Waals surface area contributed by atoms with Gasteiger partial charge in [0.1, 0.15) is 0 Å². The van der Waals surface area contributed by atoms with Crippen molar-refractivity contribution in [1.82, 2.24) is 9.62 Å². The van der Waals surface area contributed by atoms with Gasteiger partial charge in [0.2, 0.25) is 15.9 Å². The molecular weight excluding hydrogens is 436 g/mol. The van der Waals surface area contributed by atoms with Crippen LogP contribution in [0.1, 0.15) is 12.0 Å². The van der Waals surface area contributed by atoms with Gasteiger partial charge < -0.3 is 24.3 Å². The zero-order valence-corrected chi connectivity index (χ0v) is 19.8. The highest BCUT2D eigenvalue weighted by atomic mass is 32.2. The molecule has 0 aliphatic carbocycles. The lowest BCUT2D eigenvalue weighted by Gasteiger charge is -2.18. The monoisotopic (exact) mass is 466 g/mol. The predicted octanol–water partition coefficient (Wildman–Crippen LogP) is 2.09. The van der Waals surface area contributed by atoms with E-state index in [2.05, 4.69) is 5.32 Å².